The highest BCUT2D eigenvalue weighted by atomic mass is 79.9. The van der Waals surface area contributed by atoms with Crippen LogP contribution in [0, 0.1) is 10.1 Å². The van der Waals surface area contributed by atoms with E-state index in [1.54, 1.807) is 13.0 Å². The van der Waals surface area contributed by atoms with Crippen LogP contribution in [0.5, 0.6) is 5.75 Å². The Morgan fingerprint density at radius 1 is 1.38 bits per heavy atom. The molecule has 0 aliphatic heterocycles. The summed E-state index contributed by atoms with van der Waals surface area (Å²) in [5, 5.41) is 14.9. The second kappa shape index (κ2) is 8.36. The van der Waals surface area contributed by atoms with Crippen LogP contribution in [0.3, 0.4) is 0 Å². The van der Waals surface area contributed by atoms with Crippen LogP contribution in [0.25, 0.3) is 0 Å². The highest BCUT2D eigenvalue weighted by Gasteiger charge is 2.16. The standard InChI is InChI=1S/C14H11Br2N3O4S/c1-8(12-4-5-13(16)24-12)17-18-14(20)7-23-11-3-2-9(15)6-10(11)19(21)22/h2-6H,7H2,1H3,(H,18,20)/b17-8+. The van der Waals surface area contributed by atoms with E-state index >= 15 is 0 Å². The van der Waals surface area contributed by atoms with Gasteiger partial charge in [0.25, 0.3) is 5.91 Å². The molecule has 1 N–H and O–H groups in total. The van der Waals surface area contributed by atoms with Crippen LogP contribution in [-0.2, 0) is 4.79 Å². The number of halogens is 2. The molecule has 0 saturated carbocycles. The maximum atomic E-state index is 11.8. The van der Waals surface area contributed by atoms with Gasteiger partial charge in [-0.25, -0.2) is 5.43 Å². The lowest BCUT2D eigenvalue weighted by Crippen LogP contribution is -2.25. The van der Waals surface area contributed by atoms with E-state index in [1.807, 2.05) is 12.1 Å². The van der Waals surface area contributed by atoms with Gasteiger partial charge in [0, 0.05) is 10.5 Å². The first-order chi connectivity index (χ1) is 11.4. The van der Waals surface area contributed by atoms with E-state index in [-0.39, 0.29) is 18.0 Å². The first-order valence-corrected chi connectivity index (χ1v) is 8.92. The first-order valence-electron chi connectivity index (χ1n) is 6.52. The van der Waals surface area contributed by atoms with Gasteiger partial charge in [-0.2, -0.15) is 5.10 Å². The van der Waals surface area contributed by atoms with E-state index in [2.05, 4.69) is 42.4 Å². The van der Waals surface area contributed by atoms with Crippen LogP contribution in [0.2, 0.25) is 0 Å². The van der Waals surface area contributed by atoms with Gasteiger partial charge in [-0.3, -0.25) is 14.9 Å². The van der Waals surface area contributed by atoms with E-state index < -0.39 is 10.8 Å². The summed E-state index contributed by atoms with van der Waals surface area (Å²) in [6, 6.07) is 8.09. The Morgan fingerprint density at radius 3 is 2.75 bits per heavy atom. The van der Waals surface area contributed by atoms with Gasteiger partial charge < -0.3 is 4.74 Å². The molecule has 2 aromatic rings. The van der Waals surface area contributed by atoms with Gasteiger partial charge in [0.15, 0.2) is 12.4 Å². The SMILES string of the molecule is C/C(=N\NC(=O)COc1ccc(Br)cc1[N+](=O)[O-])c1ccc(Br)s1. The van der Waals surface area contributed by atoms with Crippen LogP contribution < -0.4 is 10.2 Å². The molecule has 0 radical (unpaired) electrons. The fourth-order valence-corrected chi connectivity index (χ4v) is 3.32. The molecule has 2 rings (SSSR count). The number of nitrogens with zero attached hydrogens (tertiary/aromatic N) is 2. The average molecular weight is 477 g/mol. The zero-order valence-electron chi connectivity index (χ0n) is 12.3. The van der Waals surface area contributed by atoms with Crippen molar-refractivity contribution in [3.05, 3.63) is 53.6 Å². The van der Waals surface area contributed by atoms with Crippen molar-refractivity contribution in [2.24, 2.45) is 5.10 Å². The molecule has 0 fully saturated rings. The van der Waals surface area contributed by atoms with E-state index in [9.17, 15) is 14.9 Å². The number of carbonyl (C=O) groups excluding carboxylic acids is 1. The third kappa shape index (κ3) is 5.11. The van der Waals surface area contributed by atoms with E-state index in [4.69, 9.17) is 4.74 Å². The molecule has 1 aromatic heterocycles. The number of nitro benzene ring substituents is 1. The molecule has 1 heterocycles. The minimum Gasteiger partial charge on any atom is -0.477 e. The molecule has 1 amide bonds. The Labute approximate surface area is 158 Å². The number of amides is 1. The van der Waals surface area contributed by atoms with Crippen molar-refractivity contribution in [2.45, 2.75) is 6.92 Å². The molecule has 0 atom stereocenters. The highest BCUT2D eigenvalue weighted by Crippen LogP contribution is 2.30. The Kier molecular flexibility index (Phi) is 6.46. The predicted molar refractivity (Wildman–Crippen MR) is 98.7 cm³/mol. The number of nitrogens with one attached hydrogen (secondary N) is 1. The molecular formula is C14H11Br2N3O4S. The van der Waals surface area contributed by atoms with Crippen molar-refractivity contribution in [3.63, 3.8) is 0 Å². The zero-order valence-corrected chi connectivity index (χ0v) is 16.3. The summed E-state index contributed by atoms with van der Waals surface area (Å²) in [5.74, 6) is -0.497. The van der Waals surface area contributed by atoms with Gasteiger partial charge in [0.2, 0.25) is 0 Å². The number of hydrogen-bond donors (Lipinski definition) is 1. The number of thiophene rings is 1. The highest BCUT2D eigenvalue weighted by molar-refractivity contribution is 9.11. The van der Waals surface area contributed by atoms with Crippen LogP contribution >= 0.6 is 43.2 Å². The Balaban J connectivity index is 1.95. The molecule has 24 heavy (non-hydrogen) atoms. The molecule has 0 unspecified atom stereocenters. The molecule has 0 bridgehead atoms. The van der Waals surface area contributed by atoms with Crippen LogP contribution in [0.4, 0.5) is 5.69 Å². The van der Waals surface area contributed by atoms with Crippen LogP contribution in [0.15, 0.2) is 43.7 Å². The van der Waals surface area contributed by atoms with Crippen molar-refractivity contribution in [1.82, 2.24) is 5.43 Å². The van der Waals surface area contributed by atoms with Gasteiger partial charge in [0.1, 0.15) is 0 Å². The molecule has 0 spiro atoms. The number of benzene rings is 1. The third-order valence-corrected chi connectivity index (χ3v) is 4.98. The summed E-state index contributed by atoms with van der Waals surface area (Å²) in [5.41, 5.74) is 2.78. The quantitative estimate of drug-likeness (QED) is 0.385. The van der Waals surface area contributed by atoms with Crippen molar-refractivity contribution >= 4 is 60.5 Å². The normalized spacial score (nSPS) is 11.2. The lowest BCUT2D eigenvalue weighted by molar-refractivity contribution is -0.385. The summed E-state index contributed by atoms with van der Waals surface area (Å²) in [6.45, 7) is 1.38. The van der Waals surface area contributed by atoms with Crippen molar-refractivity contribution in [3.8, 4) is 5.75 Å². The molecular weight excluding hydrogens is 466 g/mol. The third-order valence-electron chi connectivity index (χ3n) is 2.75. The largest absolute Gasteiger partial charge is 0.477 e. The van der Waals surface area contributed by atoms with Gasteiger partial charge in [-0.15, -0.1) is 11.3 Å². The van der Waals surface area contributed by atoms with Gasteiger partial charge in [-0.05, 0) is 47.1 Å². The second-order valence-corrected chi connectivity index (χ2v) is 7.87. The van der Waals surface area contributed by atoms with Crippen molar-refractivity contribution < 1.29 is 14.5 Å². The topological polar surface area (TPSA) is 93.8 Å². The van der Waals surface area contributed by atoms with Gasteiger partial charge in [-0.1, -0.05) is 15.9 Å². The fraction of sp³-hybridized carbons (Fsp3) is 0.143. The van der Waals surface area contributed by atoms with Crippen molar-refractivity contribution in [1.29, 1.82) is 0 Å². The van der Waals surface area contributed by atoms with E-state index in [0.29, 0.717) is 10.2 Å². The minimum absolute atomic E-state index is 0.0150. The maximum absolute atomic E-state index is 11.8. The van der Waals surface area contributed by atoms with Gasteiger partial charge in [0.05, 0.1) is 19.3 Å². The Hall–Kier alpha value is -1.78. The Bertz CT molecular complexity index is 807. The lowest BCUT2D eigenvalue weighted by atomic mass is 10.3. The zero-order chi connectivity index (χ0) is 17.7. The first kappa shape index (κ1) is 18.6. The monoisotopic (exact) mass is 475 g/mol. The molecule has 10 heteroatoms. The number of nitro groups is 1. The summed E-state index contributed by atoms with van der Waals surface area (Å²) in [7, 11) is 0. The number of rotatable bonds is 6. The number of hydrogen-bond acceptors (Lipinski definition) is 6. The lowest BCUT2D eigenvalue weighted by Gasteiger charge is -2.06. The second-order valence-electron chi connectivity index (χ2n) is 4.49. The van der Waals surface area contributed by atoms with E-state index in [0.717, 1.165) is 8.66 Å². The number of hydrazone groups is 1. The van der Waals surface area contributed by atoms with E-state index in [1.165, 1.54) is 23.5 Å². The molecule has 0 saturated heterocycles. The average Bonchev–Trinajstić information content (AvgIpc) is 2.97. The molecule has 7 nitrogen and oxygen atoms in total. The van der Waals surface area contributed by atoms with Gasteiger partial charge >= 0.3 is 5.69 Å². The number of carbonyl (C=O) groups is 1. The Morgan fingerprint density at radius 2 is 2.12 bits per heavy atom. The summed E-state index contributed by atoms with van der Waals surface area (Å²) in [4.78, 5) is 23.1. The molecule has 0 aliphatic rings. The number of ether oxygens (including phenoxy) is 1. The summed E-state index contributed by atoms with van der Waals surface area (Å²) < 4.78 is 6.72. The molecule has 1 aromatic carbocycles. The van der Waals surface area contributed by atoms with Crippen LogP contribution in [0.1, 0.15) is 11.8 Å². The maximum Gasteiger partial charge on any atom is 0.312 e. The van der Waals surface area contributed by atoms with Crippen LogP contribution in [-0.4, -0.2) is 23.1 Å². The smallest absolute Gasteiger partial charge is 0.312 e. The summed E-state index contributed by atoms with van der Waals surface area (Å²) in [6.07, 6.45) is 0. The fourth-order valence-electron chi connectivity index (χ4n) is 1.64. The molecule has 0 aliphatic carbocycles. The molecule has 126 valence electrons. The predicted octanol–water partition coefficient (Wildman–Crippen LogP) is 4.10. The summed E-state index contributed by atoms with van der Waals surface area (Å²) >= 11 is 7.99. The minimum atomic E-state index is -0.574. The van der Waals surface area contributed by atoms with Crippen molar-refractivity contribution in [2.75, 3.05) is 6.61 Å².